The van der Waals surface area contributed by atoms with Gasteiger partial charge >= 0.3 is 0 Å². The number of methoxy groups -OCH3 is 1. The lowest BCUT2D eigenvalue weighted by atomic mass is 9.79. The first-order chi connectivity index (χ1) is 13.2. The fourth-order valence-corrected chi connectivity index (χ4v) is 4.21. The van der Waals surface area contributed by atoms with E-state index in [4.69, 9.17) is 4.74 Å². The van der Waals surface area contributed by atoms with Crippen LogP contribution < -0.4 is 10.6 Å². The molecule has 2 saturated heterocycles. The number of hydrogen-bond donors (Lipinski definition) is 2. The van der Waals surface area contributed by atoms with Gasteiger partial charge in [0.1, 0.15) is 6.04 Å². The van der Waals surface area contributed by atoms with E-state index < -0.39 is 6.04 Å². The maximum atomic E-state index is 13.2. The summed E-state index contributed by atoms with van der Waals surface area (Å²) in [6.45, 7) is 3.72. The highest BCUT2D eigenvalue weighted by Gasteiger charge is 2.36. The van der Waals surface area contributed by atoms with Crippen LogP contribution in [-0.2, 0) is 14.3 Å². The molecule has 2 heterocycles. The van der Waals surface area contributed by atoms with E-state index in [9.17, 15) is 9.59 Å². The molecule has 0 aromatic heterocycles. The van der Waals surface area contributed by atoms with Gasteiger partial charge in [-0.25, -0.2) is 0 Å². The van der Waals surface area contributed by atoms with Crippen LogP contribution in [0.25, 0.3) is 0 Å². The summed E-state index contributed by atoms with van der Waals surface area (Å²) in [5.74, 6) is -0.0239. The minimum Gasteiger partial charge on any atom is -0.384 e. The molecule has 2 fully saturated rings. The van der Waals surface area contributed by atoms with Gasteiger partial charge in [0.15, 0.2) is 0 Å². The topological polar surface area (TPSA) is 70.7 Å². The van der Waals surface area contributed by atoms with E-state index in [-0.39, 0.29) is 29.6 Å². The molecule has 0 saturated carbocycles. The van der Waals surface area contributed by atoms with Gasteiger partial charge in [0.25, 0.3) is 0 Å². The maximum absolute atomic E-state index is 13.2. The Labute approximate surface area is 173 Å². The molecular weight excluding hydrogens is 378 g/mol. The molecule has 2 aliphatic heterocycles. The van der Waals surface area contributed by atoms with Crippen molar-refractivity contribution in [3.05, 3.63) is 35.9 Å². The largest absolute Gasteiger partial charge is 0.384 e. The van der Waals surface area contributed by atoms with Crippen LogP contribution in [0.15, 0.2) is 30.3 Å². The monoisotopic (exact) mass is 409 g/mol. The summed E-state index contributed by atoms with van der Waals surface area (Å²) in [6.07, 6.45) is 4.32. The van der Waals surface area contributed by atoms with E-state index in [0.717, 1.165) is 44.3 Å². The number of halogens is 1. The zero-order valence-electron chi connectivity index (χ0n) is 16.6. The number of benzene rings is 1. The molecule has 7 heteroatoms. The molecule has 0 spiro atoms. The molecule has 1 unspecified atom stereocenters. The zero-order chi connectivity index (χ0) is 19.1. The molecule has 156 valence electrons. The normalized spacial score (nSPS) is 20.2. The number of carbonyl (C=O) groups excluding carboxylic acids is 2. The van der Waals surface area contributed by atoms with Crippen LogP contribution in [0.1, 0.15) is 43.7 Å². The van der Waals surface area contributed by atoms with E-state index >= 15 is 0 Å². The summed E-state index contributed by atoms with van der Waals surface area (Å²) in [7, 11) is 1.71. The van der Waals surface area contributed by atoms with E-state index in [1.54, 1.807) is 12.0 Å². The minimum atomic E-state index is -0.555. The molecule has 0 bridgehead atoms. The second-order valence-electron chi connectivity index (χ2n) is 7.76. The molecule has 28 heavy (non-hydrogen) atoms. The first-order valence-electron chi connectivity index (χ1n) is 9.97. The Balaban J connectivity index is 0.00000280. The zero-order valence-corrected chi connectivity index (χ0v) is 17.4. The summed E-state index contributed by atoms with van der Waals surface area (Å²) >= 11 is 0. The Bertz CT molecular complexity index is 630. The highest BCUT2D eigenvalue weighted by molar-refractivity contribution is 5.89. The Morgan fingerprint density at radius 3 is 2.61 bits per heavy atom. The summed E-state index contributed by atoms with van der Waals surface area (Å²) in [6, 6.07) is 9.08. The van der Waals surface area contributed by atoms with E-state index in [1.165, 1.54) is 0 Å². The van der Waals surface area contributed by atoms with Gasteiger partial charge in [0.05, 0.1) is 6.61 Å². The average molecular weight is 410 g/mol. The van der Waals surface area contributed by atoms with Crippen LogP contribution in [0, 0.1) is 5.41 Å². The number of amides is 2. The van der Waals surface area contributed by atoms with Crippen LogP contribution in [0.5, 0.6) is 0 Å². The third-order valence-corrected chi connectivity index (χ3v) is 5.79. The molecule has 2 N–H and O–H groups in total. The fourth-order valence-electron chi connectivity index (χ4n) is 4.21. The standard InChI is InChI=1S/C21H31N3O3.ClH/c1-27-16-21(10-12-22-13-11-21)15-23-20(26)19(17-7-3-2-4-8-17)24-14-6-5-9-18(24)25;/h2-4,7-8,19,22H,5-6,9-16H2,1H3,(H,23,26);1H. The van der Waals surface area contributed by atoms with Crippen molar-refractivity contribution in [3.63, 3.8) is 0 Å². The van der Waals surface area contributed by atoms with Crippen molar-refractivity contribution in [1.82, 2.24) is 15.5 Å². The summed E-state index contributed by atoms with van der Waals surface area (Å²) in [5.41, 5.74) is 0.833. The summed E-state index contributed by atoms with van der Waals surface area (Å²) in [4.78, 5) is 27.5. The van der Waals surface area contributed by atoms with Crippen molar-refractivity contribution >= 4 is 24.2 Å². The predicted octanol–water partition coefficient (Wildman–Crippen LogP) is 2.29. The van der Waals surface area contributed by atoms with E-state index in [2.05, 4.69) is 10.6 Å². The van der Waals surface area contributed by atoms with Gasteiger partial charge in [-0.3, -0.25) is 9.59 Å². The lowest BCUT2D eigenvalue weighted by Crippen LogP contribution is -2.51. The van der Waals surface area contributed by atoms with Crippen molar-refractivity contribution in [2.75, 3.05) is 39.9 Å². The number of hydrogen-bond acceptors (Lipinski definition) is 4. The Morgan fingerprint density at radius 2 is 1.96 bits per heavy atom. The molecule has 2 amide bonds. The highest BCUT2D eigenvalue weighted by Crippen LogP contribution is 2.30. The molecule has 0 aliphatic carbocycles. The van der Waals surface area contributed by atoms with Crippen molar-refractivity contribution < 1.29 is 14.3 Å². The molecule has 6 nitrogen and oxygen atoms in total. The number of rotatable bonds is 7. The molecule has 3 rings (SSSR count). The van der Waals surface area contributed by atoms with Crippen LogP contribution in [0.2, 0.25) is 0 Å². The van der Waals surface area contributed by atoms with Gasteiger partial charge in [-0.2, -0.15) is 0 Å². The molecule has 0 radical (unpaired) electrons. The second-order valence-corrected chi connectivity index (χ2v) is 7.76. The van der Waals surface area contributed by atoms with Crippen molar-refractivity contribution in [3.8, 4) is 0 Å². The maximum Gasteiger partial charge on any atom is 0.247 e. The lowest BCUT2D eigenvalue weighted by molar-refractivity contribution is -0.143. The molecule has 1 atom stereocenters. The van der Waals surface area contributed by atoms with Crippen LogP contribution in [-0.4, -0.2) is 56.6 Å². The van der Waals surface area contributed by atoms with Gasteiger partial charge in [0, 0.05) is 32.0 Å². The van der Waals surface area contributed by atoms with Crippen LogP contribution >= 0.6 is 12.4 Å². The first-order valence-corrected chi connectivity index (χ1v) is 9.97. The van der Waals surface area contributed by atoms with E-state index in [1.807, 2.05) is 30.3 Å². The lowest BCUT2D eigenvalue weighted by Gasteiger charge is -2.39. The number of likely N-dealkylation sites (tertiary alicyclic amines) is 1. The molecule has 1 aromatic rings. The van der Waals surface area contributed by atoms with Gasteiger partial charge in [-0.1, -0.05) is 30.3 Å². The minimum absolute atomic E-state index is 0. The van der Waals surface area contributed by atoms with Crippen molar-refractivity contribution in [2.45, 2.75) is 38.1 Å². The van der Waals surface area contributed by atoms with Gasteiger partial charge in [-0.15, -0.1) is 12.4 Å². The van der Waals surface area contributed by atoms with Gasteiger partial charge in [0.2, 0.25) is 11.8 Å². The second kappa shape index (κ2) is 10.8. The molecular formula is C21H32ClN3O3. The highest BCUT2D eigenvalue weighted by atomic mass is 35.5. The fraction of sp³-hybridized carbons (Fsp3) is 0.619. The Kier molecular flexibility index (Phi) is 8.73. The third-order valence-electron chi connectivity index (χ3n) is 5.79. The number of nitrogens with one attached hydrogen (secondary N) is 2. The number of ether oxygens (including phenoxy) is 1. The Morgan fingerprint density at radius 1 is 1.25 bits per heavy atom. The molecule has 1 aromatic carbocycles. The molecule has 2 aliphatic rings. The van der Waals surface area contributed by atoms with Crippen LogP contribution in [0.4, 0.5) is 0 Å². The van der Waals surface area contributed by atoms with E-state index in [0.29, 0.717) is 26.1 Å². The summed E-state index contributed by atoms with van der Waals surface area (Å²) < 4.78 is 5.45. The van der Waals surface area contributed by atoms with Crippen molar-refractivity contribution in [2.24, 2.45) is 5.41 Å². The van der Waals surface area contributed by atoms with Gasteiger partial charge < -0.3 is 20.3 Å². The number of nitrogens with zero attached hydrogens (tertiary/aromatic N) is 1. The average Bonchev–Trinajstić information content (AvgIpc) is 2.70. The quantitative estimate of drug-likeness (QED) is 0.724. The Hall–Kier alpha value is -1.63. The first kappa shape index (κ1) is 22.7. The predicted molar refractivity (Wildman–Crippen MR) is 111 cm³/mol. The SMILES string of the molecule is COCC1(CNC(=O)C(c2ccccc2)N2CCCCC2=O)CCNCC1.Cl. The third kappa shape index (κ3) is 5.46. The summed E-state index contributed by atoms with van der Waals surface area (Å²) in [5, 5.41) is 6.52. The van der Waals surface area contributed by atoms with Crippen LogP contribution in [0.3, 0.4) is 0 Å². The smallest absolute Gasteiger partial charge is 0.247 e. The number of carbonyl (C=O) groups is 2. The number of piperidine rings is 2. The van der Waals surface area contributed by atoms with Crippen molar-refractivity contribution in [1.29, 1.82) is 0 Å². The van der Waals surface area contributed by atoms with Gasteiger partial charge in [-0.05, 0) is 44.3 Å².